The van der Waals surface area contributed by atoms with Gasteiger partial charge in [0, 0.05) is 23.6 Å². The van der Waals surface area contributed by atoms with E-state index in [1.165, 1.54) is 4.31 Å². The van der Waals surface area contributed by atoms with E-state index in [4.69, 9.17) is 0 Å². The van der Waals surface area contributed by atoms with Gasteiger partial charge < -0.3 is 5.32 Å². The Morgan fingerprint density at radius 2 is 1.95 bits per heavy atom. The smallest absolute Gasteiger partial charge is 0.244 e. The fourth-order valence-corrected chi connectivity index (χ4v) is 4.42. The number of hydrogen-bond acceptors (Lipinski definition) is 3. The lowest BCUT2D eigenvalue weighted by Crippen LogP contribution is -2.44. The second kappa shape index (κ2) is 6.56. The molecule has 1 N–H and O–H groups in total. The zero-order valence-corrected chi connectivity index (χ0v) is 15.1. The molecule has 0 atom stereocenters. The molecule has 0 saturated heterocycles. The monoisotopic (exact) mass is 362 g/mol. The van der Waals surface area contributed by atoms with Crippen LogP contribution in [0.5, 0.6) is 0 Å². The van der Waals surface area contributed by atoms with E-state index in [0.717, 1.165) is 12.0 Å². The molecule has 0 aromatic heterocycles. The maximum atomic E-state index is 12.7. The average molecular weight is 363 g/mol. The number of halogens is 1. The lowest BCUT2D eigenvalue weighted by molar-refractivity contribution is 0.257. The van der Waals surface area contributed by atoms with Crippen molar-refractivity contribution < 1.29 is 8.42 Å². The second-order valence-corrected chi connectivity index (χ2v) is 8.23. The summed E-state index contributed by atoms with van der Waals surface area (Å²) in [6.07, 6.45) is 0.748. The molecule has 0 aliphatic heterocycles. The van der Waals surface area contributed by atoms with Crippen molar-refractivity contribution in [2.24, 2.45) is 0 Å². The van der Waals surface area contributed by atoms with Crippen LogP contribution in [-0.2, 0) is 16.6 Å². The van der Waals surface area contributed by atoms with Gasteiger partial charge >= 0.3 is 0 Å². The normalized spacial score (nSPS) is 12.9. The van der Waals surface area contributed by atoms with Gasteiger partial charge in [0.25, 0.3) is 0 Å². The summed E-state index contributed by atoms with van der Waals surface area (Å²) in [5.74, 6) is 0. The first-order valence-corrected chi connectivity index (χ1v) is 8.82. The summed E-state index contributed by atoms with van der Waals surface area (Å²) in [5.41, 5.74) is 0.623. The van der Waals surface area contributed by atoms with Gasteiger partial charge in [-0.1, -0.05) is 13.0 Å². The van der Waals surface area contributed by atoms with Crippen LogP contribution in [0.25, 0.3) is 0 Å². The third-order valence-electron chi connectivity index (χ3n) is 3.73. The number of nitrogens with zero attached hydrogens (tertiary/aromatic N) is 1. The molecular formula is C14H23BrN2O2S. The summed E-state index contributed by atoms with van der Waals surface area (Å²) in [6.45, 7) is 6.54. The predicted octanol–water partition coefficient (Wildman–Crippen LogP) is 2.98. The molecule has 0 bridgehead atoms. The molecule has 1 aromatic rings. The zero-order valence-electron chi connectivity index (χ0n) is 12.7. The molecule has 4 nitrogen and oxygen atoms in total. The first kappa shape index (κ1) is 17.6. The van der Waals surface area contributed by atoms with E-state index in [1.807, 2.05) is 40.0 Å². The van der Waals surface area contributed by atoms with Gasteiger partial charge in [0.1, 0.15) is 0 Å². The topological polar surface area (TPSA) is 49.4 Å². The molecule has 6 heteroatoms. The van der Waals surface area contributed by atoms with Crippen molar-refractivity contribution in [2.45, 2.75) is 44.2 Å². The Kier molecular flexibility index (Phi) is 5.78. The number of rotatable bonds is 6. The van der Waals surface area contributed by atoms with Crippen molar-refractivity contribution in [3.05, 3.63) is 28.2 Å². The first-order chi connectivity index (χ1) is 9.16. The minimum atomic E-state index is -3.51. The van der Waals surface area contributed by atoms with Crippen molar-refractivity contribution in [1.82, 2.24) is 9.62 Å². The van der Waals surface area contributed by atoms with Crippen LogP contribution in [0.4, 0.5) is 0 Å². The van der Waals surface area contributed by atoms with Crippen LogP contribution in [0.1, 0.15) is 32.8 Å². The highest BCUT2D eigenvalue weighted by molar-refractivity contribution is 9.10. The van der Waals surface area contributed by atoms with Crippen LogP contribution >= 0.6 is 15.9 Å². The van der Waals surface area contributed by atoms with Gasteiger partial charge in [0.15, 0.2) is 0 Å². The lowest BCUT2D eigenvalue weighted by atomic mass is 10.0. The standard InChI is InChI=1S/C14H23BrN2O2S/c1-6-14(2,3)17(5)20(18,19)13-8-7-11(10-16-4)9-12(13)15/h7-9,16H,6,10H2,1-5H3. The summed E-state index contributed by atoms with van der Waals surface area (Å²) in [4.78, 5) is 0.307. The molecule has 0 amide bonds. The van der Waals surface area contributed by atoms with Crippen LogP contribution in [0.15, 0.2) is 27.6 Å². The molecule has 114 valence electrons. The van der Waals surface area contributed by atoms with Crippen LogP contribution in [0.3, 0.4) is 0 Å². The van der Waals surface area contributed by atoms with E-state index in [2.05, 4.69) is 21.2 Å². The summed E-state index contributed by atoms with van der Waals surface area (Å²) >= 11 is 3.38. The van der Waals surface area contributed by atoms with Gasteiger partial charge in [0.2, 0.25) is 10.0 Å². The molecule has 0 spiro atoms. The van der Waals surface area contributed by atoms with Gasteiger partial charge in [-0.25, -0.2) is 8.42 Å². The van der Waals surface area contributed by atoms with Crippen LogP contribution in [-0.4, -0.2) is 32.4 Å². The number of benzene rings is 1. The van der Waals surface area contributed by atoms with Crippen molar-refractivity contribution in [3.63, 3.8) is 0 Å². The van der Waals surface area contributed by atoms with Crippen LogP contribution in [0.2, 0.25) is 0 Å². The molecule has 20 heavy (non-hydrogen) atoms. The highest BCUT2D eigenvalue weighted by Gasteiger charge is 2.33. The van der Waals surface area contributed by atoms with E-state index in [1.54, 1.807) is 13.1 Å². The molecule has 0 saturated carbocycles. The Morgan fingerprint density at radius 3 is 2.40 bits per heavy atom. The highest BCUT2D eigenvalue weighted by atomic mass is 79.9. The average Bonchev–Trinajstić information content (AvgIpc) is 2.38. The summed E-state index contributed by atoms with van der Waals surface area (Å²) in [7, 11) is -0.0161. The fourth-order valence-electron chi connectivity index (χ4n) is 1.76. The van der Waals surface area contributed by atoms with Crippen molar-refractivity contribution in [2.75, 3.05) is 14.1 Å². The summed E-state index contributed by atoms with van der Waals surface area (Å²) in [5, 5.41) is 3.04. The molecule has 0 unspecified atom stereocenters. The molecule has 0 fully saturated rings. The van der Waals surface area contributed by atoms with E-state index < -0.39 is 15.6 Å². The molecule has 1 aromatic carbocycles. The maximum Gasteiger partial charge on any atom is 0.244 e. The molecule has 0 aliphatic carbocycles. The Hall–Kier alpha value is -0.430. The molecule has 0 heterocycles. The SMILES string of the molecule is CCC(C)(C)N(C)S(=O)(=O)c1ccc(CNC)cc1Br. The summed E-state index contributed by atoms with van der Waals surface area (Å²) < 4.78 is 27.5. The number of sulfonamides is 1. The van der Waals surface area contributed by atoms with Gasteiger partial charge in [-0.15, -0.1) is 0 Å². The van der Waals surface area contributed by atoms with Crippen molar-refractivity contribution in [1.29, 1.82) is 0 Å². The van der Waals surface area contributed by atoms with Crippen LogP contribution < -0.4 is 5.32 Å². The second-order valence-electron chi connectivity index (χ2n) is 5.43. The molecule has 1 rings (SSSR count). The molecule has 0 radical (unpaired) electrons. The van der Waals surface area contributed by atoms with E-state index >= 15 is 0 Å². The molecular weight excluding hydrogens is 340 g/mol. The Bertz CT molecular complexity index is 571. The minimum Gasteiger partial charge on any atom is -0.316 e. The van der Waals surface area contributed by atoms with Crippen molar-refractivity contribution >= 4 is 26.0 Å². The number of hydrogen-bond donors (Lipinski definition) is 1. The predicted molar refractivity (Wildman–Crippen MR) is 86.2 cm³/mol. The third kappa shape index (κ3) is 3.61. The van der Waals surface area contributed by atoms with Crippen molar-refractivity contribution in [3.8, 4) is 0 Å². The summed E-state index contributed by atoms with van der Waals surface area (Å²) in [6, 6.07) is 5.34. The number of nitrogens with one attached hydrogen (secondary N) is 1. The first-order valence-electron chi connectivity index (χ1n) is 6.59. The zero-order chi connectivity index (χ0) is 15.6. The quantitative estimate of drug-likeness (QED) is 0.845. The molecule has 0 aliphatic rings. The van der Waals surface area contributed by atoms with E-state index in [0.29, 0.717) is 15.9 Å². The maximum absolute atomic E-state index is 12.7. The van der Waals surface area contributed by atoms with E-state index in [-0.39, 0.29) is 0 Å². The van der Waals surface area contributed by atoms with Gasteiger partial charge in [-0.3, -0.25) is 0 Å². The third-order valence-corrected chi connectivity index (χ3v) is 6.78. The minimum absolute atomic E-state index is 0.307. The Balaban J connectivity index is 3.23. The fraction of sp³-hybridized carbons (Fsp3) is 0.571. The Labute approximate surface area is 130 Å². The van der Waals surface area contributed by atoms with E-state index in [9.17, 15) is 8.42 Å². The lowest BCUT2D eigenvalue weighted by Gasteiger charge is -2.34. The Morgan fingerprint density at radius 1 is 1.35 bits per heavy atom. The van der Waals surface area contributed by atoms with Gasteiger partial charge in [-0.2, -0.15) is 4.31 Å². The van der Waals surface area contributed by atoms with Gasteiger partial charge in [-0.05, 0) is 60.9 Å². The largest absolute Gasteiger partial charge is 0.316 e. The van der Waals surface area contributed by atoms with Gasteiger partial charge in [0.05, 0.1) is 4.90 Å². The van der Waals surface area contributed by atoms with Crippen LogP contribution in [0, 0.1) is 0 Å². The highest BCUT2D eigenvalue weighted by Crippen LogP contribution is 2.30.